The summed E-state index contributed by atoms with van der Waals surface area (Å²) >= 11 is 0. The quantitative estimate of drug-likeness (QED) is 0.723. The van der Waals surface area contributed by atoms with Crippen molar-refractivity contribution in [1.29, 1.82) is 5.26 Å². The summed E-state index contributed by atoms with van der Waals surface area (Å²) in [5.74, 6) is 0.699. The molecule has 17 heavy (non-hydrogen) atoms. The lowest BCUT2D eigenvalue weighted by Crippen LogP contribution is -2.44. The first-order valence-corrected chi connectivity index (χ1v) is 6.94. The Morgan fingerprint density at radius 1 is 1.29 bits per heavy atom. The van der Waals surface area contributed by atoms with Gasteiger partial charge < -0.3 is 10.4 Å². The van der Waals surface area contributed by atoms with Crippen LogP contribution in [0.5, 0.6) is 0 Å². The molecule has 0 spiro atoms. The standard InChI is InChI=1S/C14H26N2O/c1-11(2)8-13(10-17)16-14-7-5-3-4-6-12(14)9-15/h11-14,16-17H,3-8,10H2,1-2H3. The highest BCUT2D eigenvalue weighted by Crippen LogP contribution is 2.23. The minimum Gasteiger partial charge on any atom is -0.395 e. The van der Waals surface area contributed by atoms with Gasteiger partial charge in [-0.05, 0) is 25.2 Å². The normalized spacial score (nSPS) is 27.5. The van der Waals surface area contributed by atoms with E-state index in [1.807, 2.05) is 0 Å². The van der Waals surface area contributed by atoms with Crippen molar-refractivity contribution in [2.24, 2.45) is 11.8 Å². The molecule has 98 valence electrons. The van der Waals surface area contributed by atoms with E-state index in [1.54, 1.807) is 0 Å². The van der Waals surface area contributed by atoms with E-state index in [0.717, 1.165) is 19.3 Å². The Morgan fingerprint density at radius 3 is 2.59 bits per heavy atom. The molecule has 0 radical (unpaired) electrons. The van der Waals surface area contributed by atoms with Crippen LogP contribution in [0.4, 0.5) is 0 Å². The van der Waals surface area contributed by atoms with E-state index >= 15 is 0 Å². The van der Waals surface area contributed by atoms with E-state index in [9.17, 15) is 10.4 Å². The summed E-state index contributed by atoms with van der Waals surface area (Å²) in [6, 6.07) is 2.86. The molecule has 0 aliphatic heterocycles. The largest absolute Gasteiger partial charge is 0.395 e. The summed E-state index contributed by atoms with van der Waals surface area (Å²) in [6.07, 6.45) is 6.68. The lowest BCUT2D eigenvalue weighted by molar-refractivity contribution is 0.201. The molecular weight excluding hydrogens is 212 g/mol. The monoisotopic (exact) mass is 238 g/mol. The fourth-order valence-electron chi connectivity index (χ4n) is 2.73. The molecule has 0 aromatic carbocycles. The van der Waals surface area contributed by atoms with Gasteiger partial charge in [0.2, 0.25) is 0 Å². The molecule has 3 unspecified atom stereocenters. The predicted octanol–water partition coefficient (Wildman–Crippen LogP) is 2.46. The second kappa shape index (κ2) is 7.68. The zero-order valence-electron chi connectivity index (χ0n) is 11.2. The molecule has 3 atom stereocenters. The van der Waals surface area contributed by atoms with Gasteiger partial charge >= 0.3 is 0 Å². The van der Waals surface area contributed by atoms with Crippen LogP contribution in [-0.2, 0) is 0 Å². The lowest BCUT2D eigenvalue weighted by atomic mass is 9.94. The van der Waals surface area contributed by atoms with E-state index in [4.69, 9.17) is 0 Å². The van der Waals surface area contributed by atoms with Gasteiger partial charge in [-0.2, -0.15) is 5.26 Å². The molecule has 1 saturated carbocycles. The maximum absolute atomic E-state index is 9.39. The Hall–Kier alpha value is -0.590. The first-order chi connectivity index (χ1) is 8.17. The minimum absolute atomic E-state index is 0.124. The highest BCUT2D eigenvalue weighted by Gasteiger charge is 2.25. The van der Waals surface area contributed by atoms with Crippen molar-refractivity contribution in [3.05, 3.63) is 0 Å². The third-order valence-corrected chi connectivity index (χ3v) is 3.61. The van der Waals surface area contributed by atoms with Gasteiger partial charge in [-0.15, -0.1) is 0 Å². The van der Waals surface area contributed by atoms with Crippen LogP contribution in [0, 0.1) is 23.2 Å². The topological polar surface area (TPSA) is 56.0 Å². The molecule has 2 N–H and O–H groups in total. The number of rotatable bonds is 5. The summed E-state index contributed by atoms with van der Waals surface area (Å²) in [7, 11) is 0. The summed E-state index contributed by atoms with van der Waals surface area (Å²) in [6.45, 7) is 4.51. The zero-order valence-corrected chi connectivity index (χ0v) is 11.2. The Balaban J connectivity index is 2.52. The molecule has 0 bridgehead atoms. The average Bonchev–Trinajstić information content (AvgIpc) is 2.52. The zero-order chi connectivity index (χ0) is 12.7. The van der Waals surface area contributed by atoms with Crippen LogP contribution < -0.4 is 5.32 Å². The Labute approximate surface area is 105 Å². The molecular formula is C14H26N2O. The van der Waals surface area contributed by atoms with Crippen LogP contribution in [0.15, 0.2) is 0 Å². The first kappa shape index (κ1) is 14.5. The molecule has 0 saturated heterocycles. The predicted molar refractivity (Wildman–Crippen MR) is 69.4 cm³/mol. The van der Waals surface area contributed by atoms with Gasteiger partial charge in [0.25, 0.3) is 0 Å². The SMILES string of the molecule is CC(C)CC(CO)NC1CCCCCC1C#N. The second-order valence-electron chi connectivity index (χ2n) is 5.66. The maximum atomic E-state index is 9.39. The van der Waals surface area contributed by atoms with Crippen molar-refractivity contribution in [3.63, 3.8) is 0 Å². The van der Waals surface area contributed by atoms with E-state index in [0.29, 0.717) is 5.92 Å². The van der Waals surface area contributed by atoms with Crippen LogP contribution >= 0.6 is 0 Å². The number of aliphatic hydroxyl groups excluding tert-OH is 1. The van der Waals surface area contributed by atoms with Gasteiger partial charge in [0.05, 0.1) is 18.6 Å². The van der Waals surface area contributed by atoms with Crippen LogP contribution in [0.3, 0.4) is 0 Å². The summed E-state index contributed by atoms with van der Waals surface area (Å²) in [5, 5.41) is 22.1. The summed E-state index contributed by atoms with van der Waals surface area (Å²) < 4.78 is 0. The molecule has 1 rings (SSSR count). The van der Waals surface area contributed by atoms with E-state index in [2.05, 4.69) is 25.2 Å². The van der Waals surface area contributed by atoms with Crippen LogP contribution in [0.2, 0.25) is 0 Å². The minimum atomic E-state index is 0.124. The number of nitrogens with zero attached hydrogens (tertiary/aromatic N) is 1. The fraction of sp³-hybridized carbons (Fsp3) is 0.929. The van der Waals surface area contributed by atoms with Gasteiger partial charge in [-0.1, -0.05) is 33.1 Å². The molecule has 0 aromatic heterocycles. The maximum Gasteiger partial charge on any atom is 0.0672 e. The molecule has 1 aliphatic carbocycles. The number of nitrogens with one attached hydrogen (secondary N) is 1. The van der Waals surface area contributed by atoms with Crippen molar-refractivity contribution in [1.82, 2.24) is 5.32 Å². The molecule has 3 heteroatoms. The number of aliphatic hydroxyl groups is 1. The van der Waals surface area contributed by atoms with Crippen LogP contribution in [0.1, 0.15) is 52.4 Å². The molecule has 1 aliphatic rings. The average molecular weight is 238 g/mol. The van der Waals surface area contributed by atoms with Gasteiger partial charge in [-0.25, -0.2) is 0 Å². The molecule has 3 nitrogen and oxygen atoms in total. The third kappa shape index (κ3) is 5.06. The second-order valence-corrected chi connectivity index (χ2v) is 5.66. The number of hydrogen-bond acceptors (Lipinski definition) is 3. The Morgan fingerprint density at radius 2 is 2.00 bits per heavy atom. The molecule has 0 heterocycles. The fourth-order valence-corrected chi connectivity index (χ4v) is 2.73. The lowest BCUT2D eigenvalue weighted by Gasteiger charge is -2.27. The van der Waals surface area contributed by atoms with E-state index in [-0.39, 0.29) is 24.6 Å². The van der Waals surface area contributed by atoms with Gasteiger partial charge in [-0.3, -0.25) is 0 Å². The Kier molecular flexibility index (Phi) is 6.54. The Bertz CT molecular complexity index is 247. The van der Waals surface area contributed by atoms with E-state index < -0.39 is 0 Å². The first-order valence-electron chi connectivity index (χ1n) is 6.94. The summed E-state index contributed by atoms with van der Waals surface area (Å²) in [4.78, 5) is 0. The van der Waals surface area contributed by atoms with Crippen molar-refractivity contribution in [3.8, 4) is 6.07 Å². The highest BCUT2D eigenvalue weighted by atomic mass is 16.3. The van der Waals surface area contributed by atoms with Gasteiger partial charge in [0.15, 0.2) is 0 Å². The van der Waals surface area contributed by atoms with Crippen LogP contribution in [-0.4, -0.2) is 23.8 Å². The van der Waals surface area contributed by atoms with Gasteiger partial charge in [0.1, 0.15) is 0 Å². The van der Waals surface area contributed by atoms with Crippen molar-refractivity contribution >= 4 is 0 Å². The molecule has 0 amide bonds. The third-order valence-electron chi connectivity index (χ3n) is 3.61. The molecule has 0 aromatic rings. The smallest absolute Gasteiger partial charge is 0.0672 e. The highest BCUT2D eigenvalue weighted by molar-refractivity contribution is 4.94. The van der Waals surface area contributed by atoms with Crippen LogP contribution in [0.25, 0.3) is 0 Å². The van der Waals surface area contributed by atoms with Gasteiger partial charge in [0, 0.05) is 12.1 Å². The van der Waals surface area contributed by atoms with Crippen molar-refractivity contribution in [2.45, 2.75) is 64.5 Å². The van der Waals surface area contributed by atoms with E-state index in [1.165, 1.54) is 19.3 Å². The number of hydrogen-bond donors (Lipinski definition) is 2. The van der Waals surface area contributed by atoms with Crippen molar-refractivity contribution < 1.29 is 5.11 Å². The summed E-state index contributed by atoms with van der Waals surface area (Å²) in [5.41, 5.74) is 0. The van der Waals surface area contributed by atoms with Crippen molar-refractivity contribution in [2.75, 3.05) is 6.61 Å². The molecule has 1 fully saturated rings. The number of nitriles is 1.